The maximum Gasteiger partial charge on any atom is 0.315 e. The van der Waals surface area contributed by atoms with E-state index in [4.69, 9.17) is 32.7 Å². The van der Waals surface area contributed by atoms with E-state index in [1.807, 2.05) is 37.3 Å². The number of hydrogen-bond acceptors (Lipinski definition) is 4. The summed E-state index contributed by atoms with van der Waals surface area (Å²) in [6, 6.07) is 12.5. The number of fused-ring (bicyclic) bond motifs is 1. The van der Waals surface area contributed by atoms with Crippen molar-refractivity contribution in [2.24, 2.45) is 0 Å². The van der Waals surface area contributed by atoms with E-state index in [0.717, 1.165) is 11.3 Å². The van der Waals surface area contributed by atoms with Crippen molar-refractivity contribution in [1.29, 1.82) is 0 Å². The quantitative estimate of drug-likeness (QED) is 0.475. The number of carbonyl (C=O) groups is 1. The lowest BCUT2D eigenvalue weighted by atomic mass is 10.1. The zero-order valence-electron chi connectivity index (χ0n) is 13.7. The summed E-state index contributed by atoms with van der Waals surface area (Å²) >= 11 is 12.4. The SMILES string of the molecule is COc1cccc(CC(=O)Oc2c(Cl)cc(Cl)c3ccc(C)nc23)c1. The fourth-order valence-corrected chi connectivity index (χ4v) is 3.04. The summed E-state index contributed by atoms with van der Waals surface area (Å²) in [7, 11) is 1.57. The van der Waals surface area contributed by atoms with Gasteiger partial charge in [-0.05, 0) is 42.8 Å². The Morgan fingerprint density at radius 2 is 1.92 bits per heavy atom. The van der Waals surface area contributed by atoms with Gasteiger partial charge in [0.1, 0.15) is 11.3 Å². The van der Waals surface area contributed by atoms with E-state index in [-0.39, 0.29) is 17.2 Å². The molecule has 1 heterocycles. The van der Waals surface area contributed by atoms with Gasteiger partial charge in [0.05, 0.1) is 23.6 Å². The van der Waals surface area contributed by atoms with Crippen LogP contribution in [0.3, 0.4) is 0 Å². The first-order chi connectivity index (χ1) is 12.0. The van der Waals surface area contributed by atoms with Crippen LogP contribution in [-0.2, 0) is 11.2 Å². The lowest BCUT2D eigenvalue weighted by Crippen LogP contribution is -2.12. The molecule has 3 aromatic rings. The summed E-state index contributed by atoms with van der Waals surface area (Å²) in [5.41, 5.74) is 2.02. The molecular formula is C19H15Cl2NO3. The summed E-state index contributed by atoms with van der Waals surface area (Å²) in [6.45, 7) is 1.84. The Morgan fingerprint density at radius 3 is 2.68 bits per heavy atom. The van der Waals surface area contributed by atoms with Gasteiger partial charge in [-0.25, -0.2) is 4.98 Å². The summed E-state index contributed by atoms with van der Waals surface area (Å²) < 4.78 is 10.7. The van der Waals surface area contributed by atoms with Gasteiger partial charge in [-0.2, -0.15) is 0 Å². The van der Waals surface area contributed by atoms with Crippen LogP contribution >= 0.6 is 23.2 Å². The standard InChI is InChI=1S/C19H15Cl2NO3/c1-11-6-7-14-15(20)10-16(21)19(18(14)22-11)25-17(23)9-12-4-3-5-13(8-12)24-2/h3-8,10H,9H2,1-2H3. The molecule has 0 fully saturated rings. The van der Waals surface area contributed by atoms with Gasteiger partial charge in [-0.1, -0.05) is 35.3 Å². The molecule has 0 saturated heterocycles. The maximum absolute atomic E-state index is 12.4. The highest BCUT2D eigenvalue weighted by atomic mass is 35.5. The second-order valence-electron chi connectivity index (χ2n) is 5.52. The number of esters is 1. The molecule has 0 radical (unpaired) electrons. The van der Waals surface area contributed by atoms with E-state index in [2.05, 4.69) is 4.98 Å². The Balaban J connectivity index is 1.91. The van der Waals surface area contributed by atoms with Crippen molar-refractivity contribution in [3.05, 3.63) is 63.8 Å². The molecule has 0 saturated carbocycles. The molecule has 0 aliphatic rings. The minimum atomic E-state index is -0.443. The Labute approximate surface area is 155 Å². The topological polar surface area (TPSA) is 48.4 Å². The predicted molar refractivity (Wildman–Crippen MR) is 98.8 cm³/mol. The van der Waals surface area contributed by atoms with Crippen molar-refractivity contribution in [3.63, 3.8) is 0 Å². The molecule has 2 aromatic carbocycles. The normalized spacial score (nSPS) is 10.7. The number of halogens is 2. The molecule has 0 aliphatic heterocycles. The number of aryl methyl sites for hydroxylation is 1. The third kappa shape index (κ3) is 3.86. The molecule has 25 heavy (non-hydrogen) atoms. The number of carbonyl (C=O) groups excluding carboxylic acids is 1. The molecule has 0 aliphatic carbocycles. The smallest absolute Gasteiger partial charge is 0.315 e. The third-order valence-corrected chi connectivity index (χ3v) is 4.27. The highest BCUT2D eigenvalue weighted by Gasteiger charge is 2.17. The maximum atomic E-state index is 12.4. The summed E-state index contributed by atoms with van der Waals surface area (Å²) in [6.07, 6.45) is 0.0868. The number of methoxy groups -OCH3 is 1. The molecule has 0 N–H and O–H groups in total. The zero-order valence-corrected chi connectivity index (χ0v) is 15.2. The van der Waals surface area contributed by atoms with Gasteiger partial charge in [-0.15, -0.1) is 0 Å². The van der Waals surface area contributed by atoms with E-state index >= 15 is 0 Å². The highest BCUT2D eigenvalue weighted by molar-refractivity contribution is 6.39. The van der Waals surface area contributed by atoms with E-state index in [9.17, 15) is 4.79 Å². The first kappa shape index (κ1) is 17.5. The summed E-state index contributed by atoms with van der Waals surface area (Å²) in [5.74, 6) is 0.456. The van der Waals surface area contributed by atoms with Gasteiger partial charge in [0, 0.05) is 11.1 Å². The zero-order chi connectivity index (χ0) is 18.0. The Hall–Kier alpha value is -2.30. The predicted octanol–water partition coefficient (Wildman–Crippen LogP) is 5.01. The van der Waals surface area contributed by atoms with Crippen LogP contribution in [0.5, 0.6) is 11.5 Å². The lowest BCUT2D eigenvalue weighted by molar-refractivity contribution is -0.133. The molecule has 128 valence electrons. The largest absolute Gasteiger partial charge is 0.497 e. The second-order valence-corrected chi connectivity index (χ2v) is 6.33. The summed E-state index contributed by atoms with van der Waals surface area (Å²) in [5, 5.41) is 1.38. The molecule has 0 atom stereocenters. The average Bonchev–Trinajstić information content (AvgIpc) is 2.58. The monoisotopic (exact) mass is 375 g/mol. The molecule has 6 heteroatoms. The molecule has 0 bridgehead atoms. The lowest BCUT2D eigenvalue weighted by Gasteiger charge is -2.11. The van der Waals surface area contributed by atoms with Crippen LogP contribution in [0.25, 0.3) is 10.9 Å². The number of rotatable bonds is 4. The van der Waals surface area contributed by atoms with Crippen molar-refractivity contribution < 1.29 is 14.3 Å². The average molecular weight is 376 g/mol. The van der Waals surface area contributed by atoms with Gasteiger partial charge < -0.3 is 9.47 Å². The van der Waals surface area contributed by atoms with E-state index in [1.165, 1.54) is 0 Å². The number of pyridine rings is 1. The Kier molecular flexibility index (Phi) is 5.11. The van der Waals surface area contributed by atoms with Gasteiger partial charge in [0.15, 0.2) is 5.75 Å². The van der Waals surface area contributed by atoms with Crippen molar-refractivity contribution in [2.75, 3.05) is 7.11 Å². The van der Waals surface area contributed by atoms with Crippen LogP contribution in [0.15, 0.2) is 42.5 Å². The van der Waals surface area contributed by atoms with E-state index < -0.39 is 5.97 Å². The molecule has 0 spiro atoms. The number of aromatic nitrogens is 1. The second kappa shape index (κ2) is 7.30. The van der Waals surface area contributed by atoms with Gasteiger partial charge >= 0.3 is 5.97 Å². The minimum Gasteiger partial charge on any atom is -0.497 e. The number of nitrogens with zero attached hydrogens (tertiary/aromatic N) is 1. The van der Waals surface area contributed by atoms with Crippen molar-refractivity contribution in [3.8, 4) is 11.5 Å². The molecule has 0 amide bonds. The first-order valence-electron chi connectivity index (χ1n) is 7.57. The minimum absolute atomic E-state index is 0.0868. The molecule has 3 rings (SSSR count). The fourth-order valence-electron chi connectivity index (χ4n) is 2.49. The van der Waals surface area contributed by atoms with E-state index in [0.29, 0.717) is 21.7 Å². The van der Waals surface area contributed by atoms with Crippen molar-refractivity contribution in [1.82, 2.24) is 4.98 Å². The van der Waals surface area contributed by atoms with Gasteiger partial charge in [-0.3, -0.25) is 4.79 Å². The summed E-state index contributed by atoms with van der Waals surface area (Å²) in [4.78, 5) is 16.8. The highest BCUT2D eigenvalue weighted by Crippen LogP contribution is 2.37. The Morgan fingerprint density at radius 1 is 1.12 bits per heavy atom. The van der Waals surface area contributed by atoms with Crippen molar-refractivity contribution in [2.45, 2.75) is 13.3 Å². The van der Waals surface area contributed by atoms with Gasteiger partial charge in [0.25, 0.3) is 0 Å². The van der Waals surface area contributed by atoms with Crippen LogP contribution in [0, 0.1) is 6.92 Å². The fraction of sp³-hybridized carbons (Fsp3) is 0.158. The number of hydrogen-bond donors (Lipinski definition) is 0. The third-order valence-electron chi connectivity index (χ3n) is 3.68. The van der Waals surface area contributed by atoms with E-state index in [1.54, 1.807) is 19.2 Å². The van der Waals surface area contributed by atoms with Gasteiger partial charge in [0.2, 0.25) is 0 Å². The first-order valence-corrected chi connectivity index (χ1v) is 8.32. The molecular weight excluding hydrogens is 361 g/mol. The molecule has 1 aromatic heterocycles. The van der Waals surface area contributed by atoms with Crippen LogP contribution in [0.2, 0.25) is 10.0 Å². The van der Waals surface area contributed by atoms with Crippen LogP contribution < -0.4 is 9.47 Å². The number of ether oxygens (including phenoxy) is 2. The molecule has 0 unspecified atom stereocenters. The van der Waals surface area contributed by atoms with Crippen molar-refractivity contribution >= 4 is 40.1 Å². The molecule has 4 nitrogen and oxygen atoms in total. The van der Waals surface area contributed by atoms with Crippen LogP contribution in [0.4, 0.5) is 0 Å². The number of benzene rings is 2. The van der Waals surface area contributed by atoms with Crippen LogP contribution in [0.1, 0.15) is 11.3 Å². The Bertz CT molecular complexity index is 957. The van der Waals surface area contributed by atoms with Crippen LogP contribution in [-0.4, -0.2) is 18.1 Å².